The van der Waals surface area contributed by atoms with Gasteiger partial charge in [-0.3, -0.25) is 4.79 Å². The average Bonchev–Trinajstić information content (AvgIpc) is 2.35. The fraction of sp³-hybridized carbons (Fsp3) is 0. The number of nitrogens with two attached hydrogens (primary N) is 1. The summed E-state index contributed by atoms with van der Waals surface area (Å²) in [5.74, 6) is -0.860. The first kappa shape index (κ1) is 12.6. The molecule has 0 bridgehead atoms. The molecule has 0 aliphatic carbocycles. The van der Waals surface area contributed by atoms with E-state index in [1.54, 1.807) is 30.3 Å². The van der Waals surface area contributed by atoms with Gasteiger partial charge in [0.2, 0.25) is 0 Å². The number of amides is 1. The van der Waals surface area contributed by atoms with Crippen molar-refractivity contribution in [1.29, 1.82) is 0 Å². The van der Waals surface area contributed by atoms with Crippen LogP contribution in [0.25, 0.3) is 0 Å². The zero-order valence-electron chi connectivity index (χ0n) is 9.28. The summed E-state index contributed by atoms with van der Waals surface area (Å²) < 4.78 is 14.0. The van der Waals surface area contributed by atoms with E-state index < -0.39 is 5.82 Å². The van der Waals surface area contributed by atoms with Crippen molar-refractivity contribution in [3.63, 3.8) is 0 Å². The first-order chi connectivity index (χ1) is 8.58. The van der Waals surface area contributed by atoms with Gasteiger partial charge in [0.15, 0.2) is 0 Å². The van der Waals surface area contributed by atoms with E-state index in [4.69, 9.17) is 5.73 Å². The number of hydrogen-bond acceptors (Lipinski definition) is 2. The molecule has 18 heavy (non-hydrogen) atoms. The maximum Gasteiger partial charge on any atom is 0.255 e. The second-order valence-electron chi connectivity index (χ2n) is 3.67. The van der Waals surface area contributed by atoms with Gasteiger partial charge in [-0.05, 0) is 46.3 Å². The molecule has 0 aliphatic rings. The molecule has 2 aromatic carbocycles. The molecule has 0 atom stereocenters. The van der Waals surface area contributed by atoms with Gasteiger partial charge >= 0.3 is 0 Å². The summed E-state index contributed by atoms with van der Waals surface area (Å²) in [4.78, 5) is 11.9. The van der Waals surface area contributed by atoms with E-state index >= 15 is 0 Å². The Morgan fingerprint density at radius 2 is 1.94 bits per heavy atom. The van der Waals surface area contributed by atoms with E-state index in [-0.39, 0.29) is 11.6 Å². The van der Waals surface area contributed by atoms with Crippen molar-refractivity contribution in [2.45, 2.75) is 0 Å². The fourth-order valence-electron chi connectivity index (χ4n) is 1.43. The van der Waals surface area contributed by atoms with E-state index in [1.165, 1.54) is 12.1 Å². The number of hydrogen-bond donors (Lipinski definition) is 2. The summed E-state index contributed by atoms with van der Waals surface area (Å²) in [6, 6.07) is 10.8. The van der Waals surface area contributed by atoms with Crippen LogP contribution in [0.15, 0.2) is 46.9 Å². The molecule has 1 amide bonds. The maximum atomic E-state index is 13.4. The normalized spacial score (nSPS) is 10.1. The summed E-state index contributed by atoms with van der Waals surface area (Å²) in [6.07, 6.45) is 0. The highest BCUT2D eigenvalue weighted by molar-refractivity contribution is 9.10. The predicted molar refractivity (Wildman–Crippen MR) is 72.9 cm³/mol. The Morgan fingerprint density at radius 3 is 2.61 bits per heavy atom. The van der Waals surface area contributed by atoms with Crippen LogP contribution in [0, 0.1) is 5.82 Å². The van der Waals surface area contributed by atoms with Crippen LogP contribution >= 0.6 is 15.9 Å². The number of benzene rings is 2. The minimum Gasteiger partial charge on any atom is -0.398 e. The molecule has 0 radical (unpaired) electrons. The summed E-state index contributed by atoms with van der Waals surface area (Å²) in [6.45, 7) is 0. The number of halogens is 2. The number of rotatable bonds is 2. The minimum absolute atomic E-state index is 0.149. The Morgan fingerprint density at radius 1 is 1.22 bits per heavy atom. The highest BCUT2D eigenvalue weighted by Crippen LogP contribution is 2.21. The number of para-hydroxylation sites is 1. The van der Waals surface area contributed by atoms with Gasteiger partial charge in [0.25, 0.3) is 5.91 Å². The lowest BCUT2D eigenvalue weighted by molar-refractivity contribution is 0.102. The lowest BCUT2D eigenvalue weighted by Crippen LogP contribution is -2.13. The second-order valence-corrected chi connectivity index (χ2v) is 4.52. The van der Waals surface area contributed by atoms with Gasteiger partial charge in [-0.1, -0.05) is 12.1 Å². The Hall–Kier alpha value is -1.88. The summed E-state index contributed by atoms with van der Waals surface area (Å²) >= 11 is 3.24. The van der Waals surface area contributed by atoms with Gasteiger partial charge in [0, 0.05) is 15.7 Å². The molecule has 0 saturated carbocycles. The molecule has 5 heteroatoms. The van der Waals surface area contributed by atoms with Crippen LogP contribution < -0.4 is 11.1 Å². The molecule has 2 aromatic rings. The van der Waals surface area contributed by atoms with Crippen molar-refractivity contribution in [1.82, 2.24) is 0 Å². The number of nitrogens with one attached hydrogen (secondary N) is 1. The standard InChI is InChI=1S/C13H10BrFN2O/c14-9-7-8(5-6-11(9)16)13(18)17-12-4-2-1-3-10(12)15/h1-7H,16H2,(H,17,18). The molecule has 0 aliphatic heterocycles. The van der Waals surface area contributed by atoms with Crippen LogP contribution in [-0.2, 0) is 0 Å². The van der Waals surface area contributed by atoms with Gasteiger partial charge < -0.3 is 11.1 Å². The first-order valence-electron chi connectivity index (χ1n) is 5.19. The Kier molecular flexibility index (Phi) is 3.62. The number of carbonyl (C=O) groups excluding carboxylic acids is 1. The highest BCUT2D eigenvalue weighted by atomic mass is 79.9. The monoisotopic (exact) mass is 308 g/mol. The molecule has 3 nitrogen and oxygen atoms in total. The molecular weight excluding hydrogens is 299 g/mol. The van der Waals surface area contributed by atoms with Crippen molar-refractivity contribution in [2.75, 3.05) is 11.1 Å². The summed E-state index contributed by atoms with van der Waals surface area (Å²) in [5, 5.41) is 2.50. The van der Waals surface area contributed by atoms with Crippen molar-refractivity contribution in [3.8, 4) is 0 Å². The van der Waals surface area contributed by atoms with Gasteiger partial charge in [-0.2, -0.15) is 0 Å². The quantitative estimate of drug-likeness (QED) is 0.835. The van der Waals surface area contributed by atoms with E-state index in [9.17, 15) is 9.18 Å². The van der Waals surface area contributed by atoms with Crippen molar-refractivity contribution < 1.29 is 9.18 Å². The van der Waals surface area contributed by atoms with Crippen LogP contribution in [0.5, 0.6) is 0 Å². The van der Waals surface area contributed by atoms with Crippen LogP contribution in [0.2, 0.25) is 0 Å². The lowest BCUT2D eigenvalue weighted by atomic mass is 10.2. The Balaban J connectivity index is 2.22. The molecule has 0 aromatic heterocycles. The predicted octanol–water partition coefficient (Wildman–Crippen LogP) is 3.42. The van der Waals surface area contributed by atoms with E-state index in [2.05, 4.69) is 21.2 Å². The number of anilines is 2. The SMILES string of the molecule is Nc1ccc(C(=O)Nc2ccccc2F)cc1Br. The van der Waals surface area contributed by atoms with Crippen LogP contribution in [0.4, 0.5) is 15.8 Å². The smallest absolute Gasteiger partial charge is 0.255 e. The van der Waals surface area contributed by atoms with Gasteiger partial charge in [0.05, 0.1) is 5.69 Å². The van der Waals surface area contributed by atoms with Gasteiger partial charge in [-0.15, -0.1) is 0 Å². The van der Waals surface area contributed by atoms with Gasteiger partial charge in [0.1, 0.15) is 5.82 Å². The zero-order valence-corrected chi connectivity index (χ0v) is 10.9. The molecule has 0 fully saturated rings. The third kappa shape index (κ3) is 2.68. The Bertz CT molecular complexity index is 601. The number of carbonyl (C=O) groups is 1. The zero-order chi connectivity index (χ0) is 13.1. The highest BCUT2D eigenvalue weighted by Gasteiger charge is 2.09. The summed E-state index contributed by atoms with van der Waals surface area (Å²) in [5.41, 5.74) is 6.72. The third-order valence-electron chi connectivity index (χ3n) is 2.38. The summed E-state index contributed by atoms with van der Waals surface area (Å²) in [7, 11) is 0. The molecule has 0 spiro atoms. The van der Waals surface area contributed by atoms with E-state index in [1.807, 2.05) is 0 Å². The molecular formula is C13H10BrFN2O. The molecule has 3 N–H and O–H groups in total. The topological polar surface area (TPSA) is 55.1 Å². The van der Waals surface area contributed by atoms with Crippen molar-refractivity contribution >= 4 is 33.2 Å². The number of nitrogen functional groups attached to an aromatic ring is 1. The van der Waals surface area contributed by atoms with Gasteiger partial charge in [-0.25, -0.2) is 4.39 Å². The largest absolute Gasteiger partial charge is 0.398 e. The van der Waals surface area contributed by atoms with Crippen molar-refractivity contribution in [3.05, 3.63) is 58.3 Å². The van der Waals surface area contributed by atoms with E-state index in [0.717, 1.165) is 0 Å². The molecule has 92 valence electrons. The van der Waals surface area contributed by atoms with Crippen LogP contribution in [0.1, 0.15) is 10.4 Å². The first-order valence-corrected chi connectivity index (χ1v) is 5.98. The maximum absolute atomic E-state index is 13.4. The minimum atomic E-state index is -0.472. The van der Waals surface area contributed by atoms with Crippen molar-refractivity contribution in [2.24, 2.45) is 0 Å². The Labute approximate surface area is 112 Å². The fourth-order valence-corrected chi connectivity index (χ4v) is 1.80. The molecule has 0 heterocycles. The molecule has 0 unspecified atom stereocenters. The van der Waals surface area contributed by atoms with E-state index in [0.29, 0.717) is 15.7 Å². The molecule has 2 rings (SSSR count). The average molecular weight is 309 g/mol. The lowest BCUT2D eigenvalue weighted by Gasteiger charge is -2.07. The van der Waals surface area contributed by atoms with Crippen LogP contribution in [-0.4, -0.2) is 5.91 Å². The second kappa shape index (κ2) is 5.18. The third-order valence-corrected chi connectivity index (χ3v) is 3.07. The van der Waals surface area contributed by atoms with Crippen LogP contribution in [0.3, 0.4) is 0 Å². The molecule has 0 saturated heterocycles.